The second-order valence-electron chi connectivity index (χ2n) is 5.16. The number of hydrogen-bond acceptors (Lipinski definition) is 4. The van der Waals surface area contributed by atoms with Crippen LogP contribution in [0, 0.1) is 5.82 Å². The van der Waals surface area contributed by atoms with Crippen LogP contribution in [0.2, 0.25) is 0 Å². The van der Waals surface area contributed by atoms with E-state index >= 15 is 0 Å². The molecule has 4 nitrogen and oxygen atoms in total. The predicted octanol–water partition coefficient (Wildman–Crippen LogP) is 5.23. The highest BCUT2D eigenvalue weighted by Gasteiger charge is 2.14. The first-order valence-electron chi connectivity index (χ1n) is 7.45. The highest BCUT2D eigenvalue weighted by Crippen LogP contribution is 2.29. The molecule has 0 aliphatic rings. The van der Waals surface area contributed by atoms with Crippen LogP contribution in [0.15, 0.2) is 46.9 Å². The molecular weight excluding hydrogens is 409 g/mol. The van der Waals surface area contributed by atoms with E-state index in [1.165, 1.54) is 29.5 Å². The number of hydrogen-bond donors (Lipinski definition) is 1. The number of thiophene rings is 1. The number of ether oxygens (including phenoxy) is 1. The van der Waals surface area contributed by atoms with Gasteiger partial charge in [-0.25, -0.2) is 9.18 Å². The standard InChI is InChI=1S/C18H13BrFNO3S/c1-2-24-18(23)16-8-10-7-12(4-6-15(10)25-16)21-17(22)13-5-3-11(20)9-14(13)19/h3-9H,2H2,1H3,(H,21,22). The fourth-order valence-electron chi connectivity index (χ4n) is 2.30. The van der Waals surface area contributed by atoms with E-state index in [1.807, 2.05) is 6.07 Å². The average Bonchev–Trinajstić information content (AvgIpc) is 2.98. The van der Waals surface area contributed by atoms with Gasteiger partial charge in [0.2, 0.25) is 0 Å². The van der Waals surface area contributed by atoms with Gasteiger partial charge in [-0.05, 0) is 70.7 Å². The SMILES string of the molecule is CCOC(=O)c1cc2cc(NC(=O)c3ccc(F)cc3Br)ccc2s1. The van der Waals surface area contributed by atoms with Crippen LogP contribution >= 0.6 is 27.3 Å². The first kappa shape index (κ1) is 17.6. The van der Waals surface area contributed by atoms with E-state index in [0.29, 0.717) is 27.2 Å². The third-order valence-electron chi connectivity index (χ3n) is 3.43. The molecule has 0 spiro atoms. The van der Waals surface area contributed by atoms with Crippen molar-refractivity contribution in [2.24, 2.45) is 0 Å². The Balaban J connectivity index is 1.84. The van der Waals surface area contributed by atoms with Crippen molar-refractivity contribution < 1.29 is 18.7 Å². The molecular formula is C18H13BrFNO3S. The first-order valence-corrected chi connectivity index (χ1v) is 9.06. The molecule has 0 unspecified atom stereocenters. The van der Waals surface area contributed by atoms with Crippen molar-refractivity contribution in [2.75, 3.05) is 11.9 Å². The second-order valence-corrected chi connectivity index (χ2v) is 7.10. The Hall–Kier alpha value is -2.25. The summed E-state index contributed by atoms with van der Waals surface area (Å²) in [5.41, 5.74) is 0.918. The monoisotopic (exact) mass is 421 g/mol. The zero-order valence-electron chi connectivity index (χ0n) is 13.1. The largest absolute Gasteiger partial charge is 0.462 e. The Morgan fingerprint density at radius 1 is 1.20 bits per heavy atom. The summed E-state index contributed by atoms with van der Waals surface area (Å²) < 4.78 is 19.4. The van der Waals surface area contributed by atoms with Gasteiger partial charge in [0, 0.05) is 14.9 Å². The Morgan fingerprint density at radius 3 is 2.72 bits per heavy atom. The zero-order valence-corrected chi connectivity index (χ0v) is 15.5. The molecule has 2 aromatic carbocycles. The van der Waals surface area contributed by atoms with E-state index < -0.39 is 5.82 Å². The molecule has 0 bridgehead atoms. The topological polar surface area (TPSA) is 55.4 Å². The van der Waals surface area contributed by atoms with E-state index in [2.05, 4.69) is 21.2 Å². The number of carbonyl (C=O) groups excluding carboxylic acids is 2. The quantitative estimate of drug-likeness (QED) is 0.586. The number of esters is 1. The number of fused-ring (bicyclic) bond motifs is 1. The number of carbonyl (C=O) groups is 2. The van der Waals surface area contributed by atoms with Crippen LogP contribution in [0.3, 0.4) is 0 Å². The number of halogens is 2. The Bertz CT molecular complexity index is 970. The van der Waals surface area contributed by atoms with Crippen LogP contribution < -0.4 is 5.32 Å². The number of benzene rings is 2. The highest BCUT2D eigenvalue weighted by molar-refractivity contribution is 9.10. The van der Waals surface area contributed by atoms with E-state index in [4.69, 9.17) is 4.74 Å². The summed E-state index contributed by atoms with van der Waals surface area (Å²) in [5, 5.41) is 3.61. The minimum absolute atomic E-state index is 0.320. The molecule has 1 aromatic heterocycles. The molecule has 0 saturated carbocycles. The molecule has 0 fully saturated rings. The molecule has 25 heavy (non-hydrogen) atoms. The lowest BCUT2D eigenvalue weighted by molar-refractivity contribution is 0.0532. The second kappa shape index (κ2) is 7.33. The lowest BCUT2D eigenvalue weighted by Crippen LogP contribution is -2.12. The number of amides is 1. The molecule has 0 radical (unpaired) electrons. The van der Waals surface area contributed by atoms with Gasteiger partial charge < -0.3 is 10.1 Å². The lowest BCUT2D eigenvalue weighted by Gasteiger charge is -2.07. The Kier molecular flexibility index (Phi) is 5.15. The van der Waals surface area contributed by atoms with Gasteiger partial charge >= 0.3 is 5.97 Å². The summed E-state index contributed by atoms with van der Waals surface area (Å²) in [6, 6.07) is 11.0. The number of anilines is 1. The first-order chi connectivity index (χ1) is 12.0. The van der Waals surface area contributed by atoms with E-state index in [1.54, 1.807) is 25.1 Å². The summed E-state index contributed by atoms with van der Waals surface area (Å²) in [6.07, 6.45) is 0. The van der Waals surface area contributed by atoms with Crippen molar-refractivity contribution in [1.29, 1.82) is 0 Å². The van der Waals surface area contributed by atoms with Gasteiger partial charge in [0.05, 0.1) is 12.2 Å². The fourth-order valence-corrected chi connectivity index (χ4v) is 3.76. The van der Waals surface area contributed by atoms with Crippen molar-refractivity contribution in [1.82, 2.24) is 0 Å². The van der Waals surface area contributed by atoms with Crippen LogP contribution in [-0.4, -0.2) is 18.5 Å². The molecule has 1 heterocycles. The highest BCUT2D eigenvalue weighted by atomic mass is 79.9. The van der Waals surface area contributed by atoms with Crippen molar-refractivity contribution in [3.8, 4) is 0 Å². The summed E-state index contributed by atoms with van der Waals surface area (Å²) in [6.45, 7) is 2.08. The average molecular weight is 422 g/mol. The van der Waals surface area contributed by atoms with Gasteiger partial charge in [-0.2, -0.15) is 0 Å². The van der Waals surface area contributed by atoms with Gasteiger partial charge in [-0.1, -0.05) is 0 Å². The molecule has 0 aliphatic heterocycles. The molecule has 0 saturated heterocycles. The summed E-state index contributed by atoms with van der Waals surface area (Å²) in [7, 11) is 0. The molecule has 3 rings (SSSR count). The maximum atomic E-state index is 13.1. The van der Waals surface area contributed by atoms with Gasteiger partial charge in [0.25, 0.3) is 5.91 Å². The maximum absolute atomic E-state index is 13.1. The van der Waals surface area contributed by atoms with E-state index in [0.717, 1.165) is 10.1 Å². The van der Waals surface area contributed by atoms with Crippen LogP contribution in [0.5, 0.6) is 0 Å². The smallest absolute Gasteiger partial charge is 0.348 e. The third kappa shape index (κ3) is 3.88. The minimum atomic E-state index is -0.422. The van der Waals surface area contributed by atoms with Crippen molar-refractivity contribution >= 4 is 54.9 Å². The molecule has 3 aromatic rings. The molecule has 1 N–H and O–H groups in total. The summed E-state index contributed by atoms with van der Waals surface area (Å²) in [4.78, 5) is 24.7. The van der Waals surface area contributed by atoms with Gasteiger partial charge in [0.15, 0.2) is 0 Å². The summed E-state index contributed by atoms with van der Waals surface area (Å²) in [5.74, 6) is -1.13. The Morgan fingerprint density at radius 2 is 2.00 bits per heavy atom. The van der Waals surface area contributed by atoms with Crippen molar-refractivity contribution in [3.63, 3.8) is 0 Å². The Labute approximate surface area is 155 Å². The number of rotatable bonds is 4. The molecule has 128 valence electrons. The zero-order chi connectivity index (χ0) is 18.0. The summed E-state index contributed by atoms with van der Waals surface area (Å²) >= 11 is 4.52. The molecule has 1 amide bonds. The van der Waals surface area contributed by atoms with Gasteiger partial charge in [-0.3, -0.25) is 4.79 Å². The van der Waals surface area contributed by atoms with Crippen LogP contribution in [0.1, 0.15) is 27.0 Å². The molecule has 7 heteroatoms. The minimum Gasteiger partial charge on any atom is -0.462 e. The van der Waals surface area contributed by atoms with Crippen LogP contribution in [-0.2, 0) is 4.74 Å². The predicted molar refractivity (Wildman–Crippen MR) is 99.8 cm³/mol. The third-order valence-corrected chi connectivity index (χ3v) is 5.18. The van der Waals surface area contributed by atoms with Crippen LogP contribution in [0.4, 0.5) is 10.1 Å². The normalized spacial score (nSPS) is 10.7. The lowest BCUT2D eigenvalue weighted by atomic mass is 10.2. The molecule has 0 atom stereocenters. The maximum Gasteiger partial charge on any atom is 0.348 e. The van der Waals surface area contributed by atoms with Gasteiger partial charge in [0.1, 0.15) is 10.7 Å². The molecule has 0 aliphatic carbocycles. The fraction of sp³-hybridized carbons (Fsp3) is 0.111. The van der Waals surface area contributed by atoms with Crippen molar-refractivity contribution in [2.45, 2.75) is 6.92 Å². The van der Waals surface area contributed by atoms with E-state index in [-0.39, 0.29) is 11.9 Å². The van der Waals surface area contributed by atoms with Crippen molar-refractivity contribution in [3.05, 3.63) is 63.2 Å². The van der Waals surface area contributed by atoms with E-state index in [9.17, 15) is 14.0 Å². The number of nitrogens with one attached hydrogen (secondary N) is 1. The van der Waals surface area contributed by atoms with Gasteiger partial charge in [-0.15, -0.1) is 11.3 Å². The van der Waals surface area contributed by atoms with Crippen LogP contribution in [0.25, 0.3) is 10.1 Å².